The van der Waals surface area contributed by atoms with Crippen LogP contribution in [0.15, 0.2) is 29.1 Å². The van der Waals surface area contributed by atoms with Crippen molar-refractivity contribution in [2.45, 2.75) is 32.7 Å². The summed E-state index contributed by atoms with van der Waals surface area (Å²) < 4.78 is 22.0. The van der Waals surface area contributed by atoms with Crippen LogP contribution in [0.1, 0.15) is 37.4 Å². The molecule has 0 saturated carbocycles. The van der Waals surface area contributed by atoms with Crippen LogP contribution in [-0.2, 0) is 20.7 Å². The molecule has 1 saturated heterocycles. The van der Waals surface area contributed by atoms with Crippen molar-refractivity contribution < 1.29 is 33.3 Å². The van der Waals surface area contributed by atoms with Gasteiger partial charge in [0.1, 0.15) is 0 Å². The number of carbonyl (C=O) groups is 3. The number of hydrogen-bond acceptors (Lipinski definition) is 9. The Morgan fingerprint density at radius 2 is 1.64 bits per heavy atom. The van der Waals surface area contributed by atoms with Crippen molar-refractivity contribution in [3.63, 3.8) is 0 Å². The van der Waals surface area contributed by atoms with Crippen LogP contribution in [0.2, 0.25) is 0 Å². The van der Waals surface area contributed by atoms with Gasteiger partial charge in [0.15, 0.2) is 11.5 Å². The lowest BCUT2D eigenvalue weighted by Crippen LogP contribution is -2.51. The molecule has 2 N–H and O–H groups in total. The molecule has 0 spiro atoms. The summed E-state index contributed by atoms with van der Waals surface area (Å²) in [5.41, 5.74) is 2.91. The first-order valence-corrected chi connectivity index (χ1v) is 13.9. The Morgan fingerprint density at radius 1 is 0.952 bits per heavy atom. The van der Waals surface area contributed by atoms with Crippen molar-refractivity contribution in [2.24, 2.45) is 0 Å². The highest BCUT2D eigenvalue weighted by molar-refractivity contribution is 5.84. The van der Waals surface area contributed by atoms with E-state index in [2.05, 4.69) is 10.6 Å². The third kappa shape index (κ3) is 6.37. The number of hydrogen-bond donors (Lipinski definition) is 2. The minimum Gasteiger partial charge on any atom is -0.493 e. The second-order valence-electron chi connectivity index (χ2n) is 10.0. The summed E-state index contributed by atoms with van der Waals surface area (Å²) in [4.78, 5) is 53.7. The number of rotatable bonds is 8. The van der Waals surface area contributed by atoms with Gasteiger partial charge in [-0.05, 0) is 54.7 Å². The van der Waals surface area contributed by atoms with Crippen LogP contribution in [0.3, 0.4) is 0 Å². The van der Waals surface area contributed by atoms with Crippen molar-refractivity contribution in [2.75, 3.05) is 66.0 Å². The van der Waals surface area contributed by atoms with Gasteiger partial charge in [0.2, 0.25) is 23.0 Å². The predicted octanol–water partition coefficient (Wildman–Crippen LogP) is 2.58. The minimum atomic E-state index is -0.433. The zero-order chi connectivity index (χ0) is 30.4. The molecule has 1 unspecified atom stereocenters. The quantitative estimate of drug-likeness (QED) is 0.481. The van der Waals surface area contributed by atoms with Crippen molar-refractivity contribution >= 4 is 23.6 Å². The summed E-state index contributed by atoms with van der Waals surface area (Å²) >= 11 is 0. The monoisotopic (exact) mass is 582 g/mol. The van der Waals surface area contributed by atoms with E-state index in [9.17, 15) is 19.2 Å². The molecule has 12 nitrogen and oxygen atoms in total. The Kier molecular flexibility index (Phi) is 9.76. The lowest BCUT2D eigenvalue weighted by molar-refractivity contribution is -0.130. The van der Waals surface area contributed by atoms with Gasteiger partial charge in [0.05, 0.1) is 46.2 Å². The number of piperazine rings is 1. The summed E-state index contributed by atoms with van der Waals surface area (Å²) in [5.74, 6) is 0.989. The van der Waals surface area contributed by atoms with E-state index in [1.165, 1.54) is 20.1 Å². The van der Waals surface area contributed by atoms with Crippen molar-refractivity contribution in [3.8, 4) is 28.4 Å². The number of carbonyl (C=O) groups excluding carboxylic acids is 3. The van der Waals surface area contributed by atoms with Crippen LogP contribution in [-0.4, -0.2) is 88.4 Å². The molecule has 3 amide bonds. The number of methoxy groups -OCH3 is 3. The topological polar surface area (TPSA) is 136 Å². The first-order valence-electron chi connectivity index (χ1n) is 13.9. The summed E-state index contributed by atoms with van der Waals surface area (Å²) in [6, 6.07) is 6.41. The van der Waals surface area contributed by atoms with E-state index in [0.717, 1.165) is 11.1 Å². The predicted molar refractivity (Wildman–Crippen MR) is 156 cm³/mol. The Balaban J connectivity index is 1.66. The fourth-order valence-electron chi connectivity index (χ4n) is 5.49. The standard InChI is InChI=1S/C30H38N4O8/c1-6-42-30(38)34-13-11-33(12-14-34)26(37)17-31-23-10-8-20-21(16-24(23)36)22(32-18(2)35)9-7-19-15-25(39-3)28(40-4)29(41-5)27(19)20/h8,10,15-16,22H,6-7,9,11-14,17H2,1-5H3,(H,31,36)(H,32,35). The number of fused-ring (bicyclic) bond motifs is 3. The molecule has 0 bridgehead atoms. The van der Waals surface area contributed by atoms with Crippen molar-refractivity contribution in [1.82, 2.24) is 15.1 Å². The van der Waals surface area contributed by atoms with Crippen LogP contribution in [0.4, 0.5) is 10.5 Å². The van der Waals surface area contributed by atoms with Crippen LogP contribution in [0.25, 0.3) is 11.1 Å². The number of nitrogens with zero attached hydrogens (tertiary/aromatic N) is 2. The number of anilines is 1. The zero-order valence-electron chi connectivity index (χ0n) is 24.7. The summed E-state index contributed by atoms with van der Waals surface area (Å²) in [7, 11) is 4.62. The molecule has 12 heteroatoms. The van der Waals surface area contributed by atoms with Crippen LogP contribution >= 0.6 is 0 Å². The largest absolute Gasteiger partial charge is 0.493 e. The molecule has 1 aliphatic carbocycles. The maximum atomic E-state index is 13.5. The average Bonchev–Trinajstić information content (AvgIpc) is 3.23. The maximum Gasteiger partial charge on any atom is 0.409 e. The molecule has 2 aliphatic rings. The first-order chi connectivity index (χ1) is 20.2. The van der Waals surface area contributed by atoms with E-state index in [1.807, 2.05) is 6.07 Å². The normalized spacial score (nSPS) is 15.9. The average molecular weight is 583 g/mol. The molecule has 1 heterocycles. The molecule has 226 valence electrons. The highest BCUT2D eigenvalue weighted by Gasteiger charge is 2.30. The molecule has 4 rings (SSSR count). The van der Waals surface area contributed by atoms with E-state index in [1.54, 1.807) is 43.1 Å². The first kappa shape index (κ1) is 30.5. The highest BCUT2D eigenvalue weighted by atomic mass is 16.6. The van der Waals surface area contributed by atoms with Crippen molar-refractivity contribution in [3.05, 3.63) is 45.6 Å². The fraction of sp³-hybridized carbons (Fsp3) is 0.467. The molecule has 2 aromatic rings. The summed E-state index contributed by atoms with van der Waals surface area (Å²) in [6.07, 6.45) is 0.745. The van der Waals surface area contributed by atoms with Gasteiger partial charge in [0.25, 0.3) is 0 Å². The molecule has 1 fully saturated rings. The summed E-state index contributed by atoms with van der Waals surface area (Å²) in [5, 5.41) is 5.98. The Labute approximate surface area is 244 Å². The molecule has 0 radical (unpaired) electrons. The van der Waals surface area contributed by atoms with Crippen LogP contribution in [0.5, 0.6) is 17.2 Å². The molecular weight excluding hydrogens is 544 g/mol. The molecule has 1 atom stereocenters. The van der Waals surface area contributed by atoms with Gasteiger partial charge < -0.3 is 39.4 Å². The maximum absolute atomic E-state index is 13.5. The molecular formula is C30H38N4O8. The number of nitrogens with one attached hydrogen (secondary N) is 2. The Morgan fingerprint density at radius 3 is 2.26 bits per heavy atom. The van der Waals surface area contributed by atoms with Crippen LogP contribution < -0.4 is 30.3 Å². The van der Waals surface area contributed by atoms with E-state index < -0.39 is 6.04 Å². The number of benzene rings is 1. The van der Waals surface area contributed by atoms with Gasteiger partial charge in [-0.25, -0.2) is 4.79 Å². The SMILES string of the molecule is CCOC(=O)N1CCN(C(=O)CNc2ccc3c(cc2=O)C(NC(C)=O)CCc2cc(OC)c(OC)c(OC)c2-3)CC1. The minimum absolute atomic E-state index is 0.0939. The van der Waals surface area contributed by atoms with Gasteiger partial charge in [-0.2, -0.15) is 0 Å². The number of aryl methyl sites for hydroxylation is 1. The van der Waals surface area contributed by atoms with Gasteiger partial charge in [0, 0.05) is 38.7 Å². The van der Waals surface area contributed by atoms with Gasteiger partial charge in [-0.15, -0.1) is 0 Å². The van der Waals surface area contributed by atoms with Gasteiger partial charge in [-0.1, -0.05) is 6.07 Å². The van der Waals surface area contributed by atoms with E-state index in [-0.39, 0.29) is 35.6 Å². The van der Waals surface area contributed by atoms with Crippen molar-refractivity contribution in [1.29, 1.82) is 0 Å². The molecule has 0 aromatic heterocycles. The summed E-state index contributed by atoms with van der Waals surface area (Å²) in [6.45, 7) is 4.90. The van der Waals surface area contributed by atoms with E-state index in [4.69, 9.17) is 18.9 Å². The second kappa shape index (κ2) is 13.5. The van der Waals surface area contributed by atoms with Gasteiger partial charge >= 0.3 is 6.09 Å². The zero-order valence-corrected chi connectivity index (χ0v) is 24.7. The highest BCUT2D eigenvalue weighted by Crippen LogP contribution is 2.50. The molecule has 42 heavy (non-hydrogen) atoms. The van der Waals surface area contributed by atoms with Crippen LogP contribution in [0, 0.1) is 0 Å². The lowest BCUT2D eigenvalue weighted by atomic mass is 9.95. The second-order valence-corrected chi connectivity index (χ2v) is 10.0. The Hall–Kier alpha value is -4.48. The lowest BCUT2D eigenvalue weighted by Gasteiger charge is -2.34. The fourth-order valence-corrected chi connectivity index (χ4v) is 5.49. The number of amides is 3. The number of ether oxygens (including phenoxy) is 4. The third-order valence-electron chi connectivity index (χ3n) is 7.50. The smallest absolute Gasteiger partial charge is 0.409 e. The molecule has 2 aromatic carbocycles. The van der Waals surface area contributed by atoms with Gasteiger partial charge in [-0.3, -0.25) is 14.4 Å². The molecule has 1 aliphatic heterocycles. The van der Waals surface area contributed by atoms with E-state index >= 15 is 0 Å². The third-order valence-corrected chi connectivity index (χ3v) is 7.50. The Bertz CT molecular complexity index is 1400. The van der Waals surface area contributed by atoms with E-state index in [0.29, 0.717) is 74.0 Å².